The molecule has 2 aromatic carbocycles. The molecule has 0 saturated carbocycles. The highest BCUT2D eigenvalue weighted by Gasteiger charge is 2.12. The average Bonchev–Trinajstić information content (AvgIpc) is 2.37. The number of rotatable bonds is 3. The number of aliphatic hydroxyl groups excluding tert-OH is 1. The molecule has 0 amide bonds. The van der Waals surface area contributed by atoms with Crippen LogP contribution < -0.4 is 0 Å². The lowest BCUT2D eigenvalue weighted by molar-refractivity contribution is 0.178. The zero-order valence-corrected chi connectivity index (χ0v) is 11.8. The van der Waals surface area contributed by atoms with Gasteiger partial charge < -0.3 is 5.11 Å². The van der Waals surface area contributed by atoms with Crippen molar-refractivity contribution in [2.24, 2.45) is 0 Å². The van der Waals surface area contributed by atoms with Crippen molar-refractivity contribution < 1.29 is 9.50 Å². The van der Waals surface area contributed by atoms with Gasteiger partial charge in [-0.1, -0.05) is 35.3 Å². The van der Waals surface area contributed by atoms with Crippen molar-refractivity contribution in [2.75, 3.05) is 0 Å². The molecule has 0 aromatic heterocycles. The van der Waals surface area contributed by atoms with E-state index in [-0.39, 0.29) is 5.82 Å². The molecule has 0 bridgehead atoms. The lowest BCUT2D eigenvalue weighted by atomic mass is 10.00. The van der Waals surface area contributed by atoms with Crippen LogP contribution in [0.15, 0.2) is 36.4 Å². The third kappa shape index (κ3) is 3.47. The summed E-state index contributed by atoms with van der Waals surface area (Å²) in [6, 6.07) is 9.69. The predicted octanol–water partition coefficient (Wildman–Crippen LogP) is 4.72. The minimum absolute atomic E-state index is 0.281. The highest BCUT2D eigenvalue weighted by molar-refractivity contribution is 6.33. The average molecular weight is 299 g/mol. The van der Waals surface area contributed by atoms with Crippen molar-refractivity contribution >= 4 is 23.2 Å². The maximum Gasteiger partial charge on any atom is 0.126 e. The van der Waals surface area contributed by atoms with Gasteiger partial charge in [0.25, 0.3) is 0 Å². The van der Waals surface area contributed by atoms with Crippen LogP contribution in [0.4, 0.5) is 4.39 Å². The Morgan fingerprint density at radius 1 is 1.16 bits per heavy atom. The molecule has 2 rings (SSSR count). The number of aryl methyl sites for hydroxylation is 1. The van der Waals surface area contributed by atoms with Gasteiger partial charge in [-0.3, -0.25) is 0 Å². The molecule has 0 aliphatic heterocycles. The maximum atomic E-state index is 13.2. The topological polar surface area (TPSA) is 20.2 Å². The van der Waals surface area contributed by atoms with Crippen LogP contribution in [0.1, 0.15) is 22.8 Å². The summed E-state index contributed by atoms with van der Waals surface area (Å²) in [6.07, 6.45) is -0.403. The number of hydrogen-bond donors (Lipinski definition) is 1. The summed E-state index contributed by atoms with van der Waals surface area (Å²) in [4.78, 5) is 0. The van der Waals surface area contributed by atoms with Crippen LogP contribution in [0, 0.1) is 12.7 Å². The van der Waals surface area contributed by atoms with E-state index in [4.69, 9.17) is 23.2 Å². The standard InChI is InChI=1S/C15H13Cl2FO/c1-9-6-10(2-5-14(9)18)15(19)8-11-7-12(16)3-4-13(11)17/h2-7,15,19H,8H2,1H3. The molecule has 1 atom stereocenters. The normalized spacial score (nSPS) is 12.5. The number of aliphatic hydroxyl groups is 1. The first-order valence-corrected chi connectivity index (χ1v) is 6.61. The highest BCUT2D eigenvalue weighted by atomic mass is 35.5. The lowest BCUT2D eigenvalue weighted by Crippen LogP contribution is -2.03. The van der Waals surface area contributed by atoms with Crippen molar-refractivity contribution in [1.82, 2.24) is 0 Å². The van der Waals surface area contributed by atoms with Crippen LogP contribution in [-0.2, 0) is 6.42 Å². The number of hydrogen-bond acceptors (Lipinski definition) is 1. The van der Waals surface area contributed by atoms with E-state index in [1.54, 1.807) is 37.3 Å². The fourth-order valence-corrected chi connectivity index (χ4v) is 2.29. The quantitative estimate of drug-likeness (QED) is 0.869. The molecule has 4 heteroatoms. The molecular weight excluding hydrogens is 286 g/mol. The van der Waals surface area contributed by atoms with Crippen LogP contribution >= 0.6 is 23.2 Å². The molecule has 100 valence electrons. The fraction of sp³-hybridized carbons (Fsp3) is 0.200. The zero-order valence-electron chi connectivity index (χ0n) is 10.3. The van der Waals surface area contributed by atoms with E-state index in [1.807, 2.05) is 0 Å². The summed E-state index contributed by atoms with van der Waals surface area (Å²) in [5.74, 6) is -0.281. The smallest absolute Gasteiger partial charge is 0.126 e. The molecule has 0 aliphatic rings. The monoisotopic (exact) mass is 298 g/mol. The second-order valence-corrected chi connectivity index (χ2v) is 5.31. The van der Waals surface area contributed by atoms with Gasteiger partial charge in [-0.2, -0.15) is 0 Å². The molecule has 1 N–H and O–H groups in total. The second-order valence-electron chi connectivity index (χ2n) is 4.46. The Kier molecular flexibility index (Phi) is 4.46. The Bertz CT molecular complexity index is 599. The van der Waals surface area contributed by atoms with Crippen molar-refractivity contribution in [3.8, 4) is 0 Å². The molecule has 0 spiro atoms. The molecule has 0 saturated heterocycles. The van der Waals surface area contributed by atoms with Gasteiger partial charge in [-0.25, -0.2) is 4.39 Å². The Balaban J connectivity index is 2.22. The van der Waals surface area contributed by atoms with Crippen LogP contribution in [0.2, 0.25) is 10.0 Å². The minimum atomic E-state index is -0.740. The number of halogens is 3. The lowest BCUT2D eigenvalue weighted by Gasteiger charge is -2.13. The van der Waals surface area contributed by atoms with Gasteiger partial charge in [0.15, 0.2) is 0 Å². The van der Waals surface area contributed by atoms with Crippen molar-refractivity contribution in [2.45, 2.75) is 19.4 Å². The van der Waals surface area contributed by atoms with Crippen LogP contribution in [0.3, 0.4) is 0 Å². The first kappa shape index (κ1) is 14.3. The zero-order chi connectivity index (χ0) is 14.0. The predicted molar refractivity (Wildman–Crippen MR) is 76.3 cm³/mol. The Hall–Kier alpha value is -1.09. The van der Waals surface area contributed by atoms with Crippen LogP contribution in [0.25, 0.3) is 0 Å². The second kappa shape index (κ2) is 5.91. The van der Waals surface area contributed by atoms with Gasteiger partial charge in [0.2, 0.25) is 0 Å². The van der Waals surface area contributed by atoms with E-state index in [0.29, 0.717) is 27.6 Å². The van der Waals surface area contributed by atoms with Gasteiger partial charge in [-0.15, -0.1) is 0 Å². The molecule has 0 heterocycles. The van der Waals surface area contributed by atoms with Gasteiger partial charge >= 0.3 is 0 Å². The third-order valence-electron chi connectivity index (χ3n) is 2.99. The molecule has 0 aliphatic carbocycles. The van der Waals surface area contributed by atoms with Crippen molar-refractivity contribution in [3.63, 3.8) is 0 Å². The Morgan fingerprint density at radius 3 is 2.58 bits per heavy atom. The Morgan fingerprint density at radius 2 is 1.89 bits per heavy atom. The van der Waals surface area contributed by atoms with E-state index < -0.39 is 6.10 Å². The summed E-state index contributed by atoms with van der Waals surface area (Å²) in [5.41, 5.74) is 1.94. The molecule has 1 nitrogen and oxygen atoms in total. The van der Waals surface area contributed by atoms with Gasteiger partial charge in [0, 0.05) is 16.5 Å². The van der Waals surface area contributed by atoms with E-state index in [2.05, 4.69) is 0 Å². The molecular formula is C15H13Cl2FO. The van der Waals surface area contributed by atoms with Crippen molar-refractivity contribution in [3.05, 3.63) is 69.0 Å². The molecule has 2 aromatic rings. The molecule has 19 heavy (non-hydrogen) atoms. The van der Waals surface area contributed by atoms with Crippen LogP contribution in [0.5, 0.6) is 0 Å². The molecule has 1 unspecified atom stereocenters. The highest BCUT2D eigenvalue weighted by Crippen LogP contribution is 2.26. The third-order valence-corrected chi connectivity index (χ3v) is 3.59. The largest absolute Gasteiger partial charge is 0.388 e. The minimum Gasteiger partial charge on any atom is -0.388 e. The maximum absolute atomic E-state index is 13.2. The van der Waals surface area contributed by atoms with Gasteiger partial charge in [-0.05, 0) is 47.9 Å². The molecule has 0 radical (unpaired) electrons. The fourth-order valence-electron chi connectivity index (χ4n) is 1.90. The summed E-state index contributed by atoms with van der Waals surface area (Å²) >= 11 is 12.0. The van der Waals surface area contributed by atoms with E-state index >= 15 is 0 Å². The summed E-state index contributed by atoms with van der Waals surface area (Å²) in [6.45, 7) is 1.66. The van der Waals surface area contributed by atoms with Crippen LogP contribution in [-0.4, -0.2) is 5.11 Å². The summed E-state index contributed by atoms with van der Waals surface area (Å²) in [7, 11) is 0. The first-order valence-electron chi connectivity index (χ1n) is 5.85. The van der Waals surface area contributed by atoms with Crippen molar-refractivity contribution in [1.29, 1.82) is 0 Å². The Labute approximate surface area is 121 Å². The van der Waals surface area contributed by atoms with E-state index in [1.165, 1.54) is 6.07 Å². The SMILES string of the molecule is Cc1cc(C(O)Cc2cc(Cl)ccc2Cl)ccc1F. The molecule has 0 fully saturated rings. The first-order chi connectivity index (χ1) is 8.97. The van der Waals surface area contributed by atoms with Gasteiger partial charge in [0.05, 0.1) is 6.10 Å². The van der Waals surface area contributed by atoms with Gasteiger partial charge in [0.1, 0.15) is 5.82 Å². The van der Waals surface area contributed by atoms with E-state index in [9.17, 15) is 9.50 Å². The van der Waals surface area contributed by atoms with E-state index in [0.717, 1.165) is 5.56 Å². The summed E-state index contributed by atoms with van der Waals surface area (Å²) < 4.78 is 13.2. The summed E-state index contributed by atoms with van der Waals surface area (Å²) in [5, 5.41) is 11.3. The number of benzene rings is 2.